The first-order chi connectivity index (χ1) is 11.0. The van der Waals surface area contributed by atoms with Crippen LogP contribution in [0, 0.1) is 11.6 Å². The Balaban J connectivity index is 2.28. The lowest BCUT2D eigenvalue weighted by atomic mass is 10.1. The van der Waals surface area contributed by atoms with Crippen molar-refractivity contribution in [2.45, 2.75) is 52.0 Å². The van der Waals surface area contributed by atoms with E-state index in [0.717, 1.165) is 37.8 Å². The van der Waals surface area contributed by atoms with E-state index in [1.165, 1.54) is 12.1 Å². The second-order valence-electron chi connectivity index (χ2n) is 5.45. The molecule has 0 fully saturated rings. The molecule has 0 heterocycles. The monoisotopic (exact) mass is 346 g/mol. The highest BCUT2D eigenvalue weighted by atomic mass is 28.4. The van der Waals surface area contributed by atoms with Gasteiger partial charge < -0.3 is 13.3 Å². The molecule has 1 rings (SSSR count). The van der Waals surface area contributed by atoms with E-state index >= 15 is 0 Å². The number of rotatable bonds is 12. The van der Waals surface area contributed by atoms with Crippen molar-refractivity contribution >= 4 is 8.80 Å². The summed E-state index contributed by atoms with van der Waals surface area (Å²) in [5.41, 5.74) is 0.715. The summed E-state index contributed by atoms with van der Waals surface area (Å²) in [5, 5.41) is 0. The molecule has 1 aromatic carbocycles. The van der Waals surface area contributed by atoms with Crippen LogP contribution < -0.4 is 0 Å². The van der Waals surface area contributed by atoms with E-state index in [2.05, 4.69) is 0 Å². The summed E-state index contributed by atoms with van der Waals surface area (Å²) in [7, 11) is -0.859. The minimum absolute atomic E-state index is 0.510. The third kappa shape index (κ3) is 7.52. The fraction of sp³-hybridized carbons (Fsp3) is 0.647. The van der Waals surface area contributed by atoms with Gasteiger partial charge in [0.25, 0.3) is 0 Å². The summed E-state index contributed by atoms with van der Waals surface area (Å²) in [6.45, 7) is 5.06. The predicted molar refractivity (Wildman–Crippen MR) is 89.4 cm³/mol. The molecule has 0 aliphatic rings. The molecule has 0 aromatic heterocycles. The number of aryl methyl sites for hydroxylation is 1. The molecule has 0 atom stereocenters. The van der Waals surface area contributed by atoms with Gasteiger partial charge in [0.15, 0.2) is 0 Å². The summed E-state index contributed by atoms with van der Waals surface area (Å²) in [5.74, 6) is -1.02. The van der Waals surface area contributed by atoms with E-state index < -0.39 is 20.4 Å². The molecule has 0 radical (unpaired) electrons. The van der Waals surface area contributed by atoms with Gasteiger partial charge in [-0.3, -0.25) is 0 Å². The van der Waals surface area contributed by atoms with Gasteiger partial charge in [0.1, 0.15) is 11.6 Å². The average molecular weight is 346 g/mol. The fourth-order valence-electron chi connectivity index (χ4n) is 2.63. The van der Waals surface area contributed by atoms with Gasteiger partial charge in [0.05, 0.1) is 0 Å². The van der Waals surface area contributed by atoms with Gasteiger partial charge in [-0.1, -0.05) is 12.8 Å². The van der Waals surface area contributed by atoms with Crippen molar-refractivity contribution in [3.8, 4) is 0 Å². The minimum atomic E-state index is -2.51. The molecule has 23 heavy (non-hydrogen) atoms. The lowest BCUT2D eigenvalue weighted by molar-refractivity contribution is 0.0859. The zero-order valence-electron chi connectivity index (χ0n) is 14.4. The fourth-order valence-corrected chi connectivity index (χ4v) is 5.00. The normalized spacial score (nSPS) is 11.9. The van der Waals surface area contributed by atoms with Gasteiger partial charge >= 0.3 is 8.80 Å². The Morgan fingerprint density at radius 2 is 1.43 bits per heavy atom. The van der Waals surface area contributed by atoms with E-state index in [9.17, 15) is 8.78 Å². The van der Waals surface area contributed by atoms with Crippen molar-refractivity contribution in [2.75, 3.05) is 20.3 Å². The van der Waals surface area contributed by atoms with Crippen LogP contribution in [0.25, 0.3) is 0 Å². The third-order valence-electron chi connectivity index (χ3n) is 3.66. The molecule has 0 saturated heterocycles. The van der Waals surface area contributed by atoms with Crippen molar-refractivity contribution < 1.29 is 22.1 Å². The topological polar surface area (TPSA) is 27.7 Å². The minimum Gasteiger partial charge on any atom is -0.377 e. The van der Waals surface area contributed by atoms with Gasteiger partial charge in [0.2, 0.25) is 0 Å². The van der Waals surface area contributed by atoms with Gasteiger partial charge in [-0.05, 0) is 50.8 Å². The zero-order valence-corrected chi connectivity index (χ0v) is 15.4. The van der Waals surface area contributed by atoms with Crippen molar-refractivity contribution in [1.29, 1.82) is 0 Å². The van der Waals surface area contributed by atoms with Crippen LogP contribution in [0.15, 0.2) is 18.2 Å². The summed E-state index contributed by atoms with van der Waals surface area (Å²) < 4.78 is 43.2. The van der Waals surface area contributed by atoms with Gasteiger partial charge in [-0.15, -0.1) is 0 Å². The Labute approximate surface area is 139 Å². The smallest absolute Gasteiger partial charge is 0.377 e. The average Bonchev–Trinajstić information content (AvgIpc) is 2.50. The molecule has 1 aromatic rings. The molecule has 3 nitrogen and oxygen atoms in total. The second-order valence-corrected chi connectivity index (χ2v) is 8.30. The molecule has 0 spiro atoms. The van der Waals surface area contributed by atoms with Crippen LogP contribution in [0.1, 0.15) is 45.1 Å². The summed E-state index contributed by atoms with van der Waals surface area (Å²) in [6.07, 6.45) is 4.60. The molecular formula is C17H28F2O3Si. The van der Waals surface area contributed by atoms with Crippen LogP contribution in [0.3, 0.4) is 0 Å². The van der Waals surface area contributed by atoms with E-state index in [1.54, 1.807) is 7.11 Å². The van der Waals surface area contributed by atoms with E-state index in [1.807, 2.05) is 13.8 Å². The predicted octanol–water partition coefficient (Wildman–Crippen LogP) is 4.73. The van der Waals surface area contributed by atoms with Crippen molar-refractivity contribution in [1.82, 2.24) is 0 Å². The van der Waals surface area contributed by atoms with Gasteiger partial charge in [0, 0.05) is 32.4 Å². The van der Waals surface area contributed by atoms with Crippen LogP contribution in [0.2, 0.25) is 6.04 Å². The molecule has 0 bridgehead atoms. The first-order valence-electron chi connectivity index (χ1n) is 8.33. The van der Waals surface area contributed by atoms with Crippen LogP contribution in [-0.4, -0.2) is 29.1 Å². The lowest BCUT2D eigenvalue weighted by Gasteiger charge is -2.27. The Kier molecular flexibility index (Phi) is 9.55. The molecule has 0 N–H and O–H groups in total. The molecule has 0 unspecified atom stereocenters. The third-order valence-corrected chi connectivity index (χ3v) is 6.71. The van der Waals surface area contributed by atoms with Crippen LogP contribution in [0.4, 0.5) is 8.78 Å². The molecule has 0 aliphatic carbocycles. The van der Waals surface area contributed by atoms with Crippen LogP contribution >= 0.6 is 0 Å². The Morgan fingerprint density at radius 3 is 1.96 bits per heavy atom. The van der Waals surface area contributed by atoms with Crippen LogP contribution in [0.5, 0.6) is 0 Å². The second kappa shape index (κ2) is 10.9. The summed E-state index contributed by atoms with van der Waals surface area (Å²) in [4.78, 5) is 0. The standard InChI is InChI=1S/C17H28F2O3Si/c1-4-21-23(20-3,22-5-2)11-9-7-6-8-10-15-12-16(18)14-17(19)13-15/h12-14H,4-11H2,1-3H3. The van der Waals surface area contributed by atoms with Gasteiger partial charge in [-0.2, -0.15) is 0 Å². The summed E-state index contributed by atoms with van der Waals surface area (Å²) in [6, 6.07) is 4.51. The number of halogens is 2. The SMILES string of the molecule is CCO[Si](CCCCCCc1cc(F)cc(F)c1)(OC)OCC. The highest BCUT2D eigenvalue weighted by Crippen LogP contribution is 2.20. The van der Waals surface area contributed by atoms with E-state index in [0.29, 0.717) is 25.2 Å². The van der Waals surface area contributed by atoms with Gasteiger partial charge in [-0.25, -0.2) is 8.78 Å². The van der Waals surface area contributed by atoms with Crippen molar-refractivity contribution in [3.63, 3.8) is 0 Å². The first kappa shape index (κ1) is 20.2. The molecule has 0 aliphatic heterocycles. The molecule has 132 valence electrons. The largest absolute Gasteiger partial charge is 0.500 e. The van der Waals surface area contributed by atoms with Crippen molar-refractivity contribution in [2.24, 2.45) is 0 Å². The Morgan fingerprint density at radius 1 is 0.870 bits per heavy atom. The Bertz CT molecular complexity index is 431. The number of hydrogen-bond donors (Lipinski definition) is 0. The lowest BCUT2D eigenvalue weighted by Crippen LogP contribution is -2.44. The van der Waals surface area contributed by atoms with Crippen LogP contribution in [-0.2, 0) is 19.7 Å². The molecule has 0 amide bonds. The maximum absolute atomic E-state index is 13.1. The van der Waals surface area contributed by atoms with E-state index in [4.69, 9.17) is 13.3 Å². The maximum atomic E-state index is 13.1. The quantitative estimate of drug-likeness (QED) is 0.405. The highest BCUT2D eigenvalue weighted by molar-refractivity contribution is 6.60. The molecule has 6 heteroatoms. The van der Waals surface area contributed by atoms with Crippen molar-refractivity contribution in [3.05, 3.63) is 35.4 Å². The van der Waals surface area contributed by atoms with E-state index in [-0.39, 0.29) is 0 Å². The highest BCUT2D eigenvalue weighted by Gasteiger charge is 2.38. The zero-order chi connectivity index (χ0) is 17.1. The maximum Gasteiger partial charge on any atom is 0.500 e. The Hall–Kier alpha value is -0.823. The first-order valence-corrected chi connectivity index (χ1v) is 10.3. The molecular weight excluding hydrogens is 318 g/mol. The number of unbranched alkanes of at least 4 members (excludes halogenated alkanes) is 3. The number of benzene rings is 1. The number of hydrogen-bond acceptors (Lipinski definition) is 3. The summed E-state index contributed by atoms with van der Waals surface area (Å²) >= 11 is 0. The molecule has 0 saturated carbocycles.